The average Bonchev–Trinajstić information content (AvgIpc) is 2.67. The summed E-state index contributed by atoms with van der Waals surface area (Å²) in [7, 11) is -2.14. The standard InChI is InChI=1S/C23H32N2O4S/c1-8-22(25(30(7,27)28)19-9-11-20(29-6)12-10-19)23(26)24-18(5)21-14-16(3)15(2)13-17(21)4/h9-14,18,22H,8H2,1-7H3,(H,24,26). The molecule has 2 aromatic rings. The van der Waals surface area contributed by atoms with Crippen LogP contribution in [0.5, 0.6) is 5.75 Å². The Morgan fingerprint density at radius 2 is 1.63 bits per heavy atom. The first-order chi connectivity index (χ1) is 14.0. The molecule has 0 aliphatic carbocycles. The number of methoxy groups -OCH3 is 1. The molecule has 2 unspecified atom stereocenters. The number of hydrogen-bond donors (Lipinski definition) is 1. The van der Waals surface area contributed by atoms with Crippen molar-refractivity contribution in [2.45, 2.75) is 53.1 Å². The predicted octanol–water partition coefficient (Wildman–Crippen LogP) is 4.04. The molecule has 2 rings (SSSR count). The Balaban J connectivity index is 2.34. The van der Waals surface area contributed by atoms with E-state index >= 15 is 0 Å². The summed E-state index contributed by atoms with van der Waals surface area (Å²) in [5.41, 5.74) is 4.89. The largest absolute Gasteiger partial charge is 0.497 e. The van der Waals surface area contributed by atoms with Crippen LogP contribution in [-0.4, -0.2) is 33.7 Å². The second-order valence-corrected chi connectivity index (χ2v) is 9.56. The molecule has 0 fully saturated rings. The SMILES string of the molecule is CCC(C(=O)NC(C)c1cc(C)c(C)cc1C)N(c1ccc(OC)cc1)S(C)(=O)=O. The van der Waals surface area contributed by atoms with Gasteiger partial charge in [-0.3, -0.25) is 9.10 Å². The Kier molecular flexibility index (Phi) is 7.53. The fraction of sp³-hybridized carbons (Fsp3) is 0.435. The number of nitrogens with one attached hydrogen (secondary N) is 1. The number of nitrogens with zero attached hydrogens (tertiary/aromatic N) is 1. The number of amides is 1. The molecule has 2 atom stereocenters. The first-order valence-electron chi connectivity index (χ1n) is 10.0. The molecule has 164 valence electrons. The number of hydrogen-bond acceptors (Lipinski definition) is 4. The third-order valence-electron chi connectivity index (χ3n) is 5.36. The van der Waals surface area contributed by atoms with Gasteiger partial charge in [0.25, 0.3) is 0 Å². The van der Waals surface area contributed by atoms with Gasteiger partial charge in [-0.2, -0.15) is 0 Å². The fourth-order valence-electron chi connectivity index (χ4n) is 3.63. The van der Waals surface area contributed by atoms with E-state index in [1.165, 1.54) is 9.87 Å². The minimum atomic E-state index is -3.68. The summed E-state index contributed by atoms with van der Waals surface area (Å²) < 4.78 is 31.5. The van der Waals surface area contributed by atoms with Crippen LogP contribution in [0.2, 0.25) is 0 Å². The summed E-state index contributed by atoms with van der Waals surface area (Å²) >= 11 is 0. The van der Waals surface area contributed by atoms with Crippen molar-refractivity contribution in [2.24, 2.45) is 0 Å². The maximum absolute atomic E-state index is 13.2. The van der Waals surface area contributed by atoms with Gasteiger partial charge in [0, 0.05) is 0 Å². The Morgan fingerprint density at radius 1 is 1.07 bits per heavy atom. The second kappa shape index (κ2) is 9.51. The average molecular weight is 433 g/mol. The Morgan fingerprint density at radius 3 is 2.13 bits per heavy atom. The maximum atomic E-state index is 13.2. The van der Waals surface area contributed by atoms with Gasteiger partial charge in [0.05, 0.1) is 25.1 Å². The lowest BCUT2D eigenvalue weighted by Gasteiger charge is -2.31. The number of carbonyl (C=O) groups excluding carboxylic acids is 1. The topological polar surface area (TPSA) is 75.7 Å². The number of anilines is 1. The summed E-state index contributed by atoms with van der Waals surface area (Å²) in [6.45, 7) is 9.83. The van der Waals surface area contributed by atoms with Gasteiger partial charge < -0.3 is 10.1 Å². The number of benzene rings is 2. The Labute approximate surface area is 180 Å². The monoisotopic (exact) mass is 432 g/mol. The van der Waals surface area contributed by atoms with Gasteiger partial charge in [0.15, 0.2) is 0 Å². The molecule has 1 N–H and O–H groups in total. The van der Waals surface area contributed by atoms with E-state index in [0.717, 1.165) is 22.9 Å². The molecular weight excluding hydrogens is 400 g/mol. The third kappa shape index (κ3) is 5.33. The molecule has 2 aromatic carbocycles. The van der Waals surface area contributed by atoms with Gasteiger partial charge in [-0.1, -0.05) is 19.1 Å². The lowest BCUT2D eigenvalue weighted by atomic mass is 9.96. The summed E-state index contributed by atoms with van der Waals surface area (Å²) in [6, 6.07) is 9.72. The molecule has 0 aromatic heterocycles. The van der Waals surface area contributed by atoms with Gasteiger partial charge >= 0.3 is 0 Å². The summed E-state index contributed by atoms with van der Waals surface area (Å²) in [5, 5.41) is 3.01. The molecule has 0 saturated carbocycles. The quantitative estimate of drug-likeness (QED) is 0.683. The highest BCUT2D eigenvalue weighted by Crippen LogP contribution is 2.26. The van der Waals surface area contributed by atoms with E-state index in [1.54, 1.807) is 38.3 Å². The van der Waals surface area contributed by atoms with Crippen LogP contribution in [-0.2, 0) is 14.8 Å². The second-order valence-electron chi connectivity index (χ2n) is 7.70. The number of carbonyl (C=O) groups is 1. The van der Waals surface area contributed by atoms with E-state index in [9.17, 15) is 13.2 Å². The zero-order chi connectivity index (χ0) is 22.6. The first-order valence-corrected chi connectivity index (χ1v) is 11.9. The molecule has 0 heterocycles. The predicted molar refractivity (Wildman–Crippen MR) is 122 cm³/mol. The molecule has 0 radical (unpaired) electrons. The van der Waals surface area contributed by atoms with Crippen molar-refractivity contribution in [1.82, 2.24) is 5.32 Å². The number of rotatable bonds is 8. The van der Waals surface area contributed by atoms with Crippen LogP contribution in [0, 0.1) is 20.8 Å². The zero-order valence-electron chi connectivity index (χ0n) is 18.8. The van der Waals surface area contributed by atoms with Crippen molar-refractivity contribution in [3.8, 4) is 5.75 Å². The van der Waals surface area contributed by atoms with Crippen LogP contribution in [0.1, 0.15) is 48.6 Å². The molecule has 6 nitrogen and oxygen atoms in total. The van der Waals surface area contributed by atoms with Crippen molar-refractivity contribution in [3.05, 3.63) is 58.7 Å². The van der Waals surface area contributed by atoms with Crippen molar-refractivity contribution in [1.29, 1.82) is 0 Å². The van der Waals surface area contributed by atoms with Crippen molar-refractivity contribution in [3.63, 3.8) is 0 Å². The van der Waals surface area contributed by atoms with Crippen LogP contribution < -0.4 is 14.4 Å². The lowest BCUT2D eigenvalue weighted by Crippen LogP contribution is -2.49. The number of sulfonamides is 1. The van der Waals surface area contributed by atoms with E-state index in [4.69, 9.17) is 4.74 Å². The van der Waals surface area contributed by atoms with Gasteiger partial charge in [0.2, 0.25) is 15.9 Å². The van der Waals surface area contributed by atoms with Crippen LogP contribution in [0.25, 0.3) is 0 Å². The van der Waals surface area contributed by atoms with Crippen LogP contribution in [0.3, 0.4) is 0 Å². The van der Waals surface area contributed by atoms with E-state index in [1.807, 2.05) is 20.8 Å². The molecule has 1 amide bonds. The summed E-state index contributed by atoms with van der Waals surface area (Å²) in [4.78, 5) is 13.2. The van der Waals surface area contributed by atoms with Gasteiger partial charge in [0.1, 0.15) is 11.8 Å². The molecule has 0 aliphatic heterocycles. The smallest absolute Gasteiger partial charge is 0.244 e. The maximum Gasteiger partial charge on any atom is 0.244 e. The van der Waals surface area contributed by atoms with Crippen molar-refractivity contribution in [2.75, 3.05) is 17.7 Å². The Hall–Kier alpha value is -2.54. The molecule has 7 heteroatoms. The number of aryl methyl sites for hydroxylation is 3. The minimum Gasteiger partial charge on any atom is -0.497 e. The minimum absolute atomic E-state index is 0.247. The fourth-order valence-corrected chi connectivity index (χ4v) is 4.84. The third-order valence-corrected chi connectivity index (χ3v) is 6.54. The van der Waals surface area contributed by atoms with E-state index < -0.39 is 16.1 Å². The van der Waals surface area contributed by atoms with Crippen LogP contribution in [0.15, 0.2) is 36.4 Å². The van der Waals surface area contributed by atoms with Gasteiger partial charge in [-0.05, 0) is 80.6 Å². The van der Waals surface area contributed by atoms with E-state index in [0.29, 0.717) is 17.9 Å². The van der Waals surface area contributed by atoms with Crippen molar-refractivity contribution < 1.29 is 17.9 Å². The van der Waals surface area contributed by atoms with Crippen molar-refractivity contribution >= 4 is 21.6 Å². The highest BCUT2D eigenvalue weighted by molar-refractivity contribution is 7.92. The van der Waals surface area contributed by atoms with Crippen LogP contribution >= 0.6 is 0 Å². The Bertz CT molecular complexity index is 1000. The molecule has 0 saturated heterocycles. The normalized spacial score (nSPS) is 13.4. The summed E-state index contributed by atoms with van der Waals surface area (Å²) in [5.74, 6) is 0.285. The molecule has 30 heavy (non-hydrogen) atoms. The highest BCUT2D eigenvalue weighted by atomic mass is 32.2. The highest BCUT2D eigenvalue weighted by Gasteiger charge is 2.32. The lowest BCUT2D eigenvalue weighted by molar-refractivity contribution is -0.122. The summed E-state index contributed by atoms with van der Waals surface area (Å²) in [6.07, 6.45) is 1.45. The van der Waals surface area contributed by atoms with Gasteiger partial charge in [-0.15, -0.1) is 0 Å². The van der Waals surface area contributed by atoms with E-state index in [2.05, 4.69) is 24.4 Å². The molecule has 0 spiro atoms. The van der Waals surface area contributed by atoms with Gasteiger partial charge in [-0.25, -0.2) is 8.42 Å². The molecule has 0 bridgehead atoms. The number of ether oxygens (including phenoxy) is 1. The molecular formula is C23H32N2O4S. The van der Waals surface area contributed by atoms with Crippen LogP contribution in [0.4, 0.5) is 5.69 Å². The first kappa shape index (κ1) is 23.7. The zero-order valence-corrected chi connectivity index (χ0v) is 19.6. The van der Waals surface area contributed by atoms with E-state index in [-0.39, 0.29) is 11.9 Å². The molecule has 0 aliphatic rings.